The van der Waals surface area contributed by atoms with Crippen LogP contribution in [0.15, 0.2) is 45.5 Å². The van der Waals surface area contributed by atoms with E-state index in [0.717, 1.165) is 14.5 Å². The summed E-state index contributed by atoms with van der Waals surface area (Å²) >= 11 is 6.68. The van der Waals surface area contributed by atoms with Crippen molar-refractivity contribution in [2.75, 3.05) is 0 Å². The van der Waals surface area contributed by atoms with Crippen LogP contribution >= 0.6 is 31.9 Å². The molecule has 0 radical (unpaired) electrons. The van der Waals surface area contributed by atoms with Crippen molar-refractivity contribution in [3.63, 3.8) is 0 Å². The standard InChI is InChI=1S/C12H9Br2NO2/c13-9-3-1-2-8(4-9)6-15-7-10(14)5-11(15)12(16)17/h1-5,7H,6H2,(H,16,17). The van der Waals surface area contributed by atoms with E-state index in [0.29, 0.717) is 6.54 Å². The molecule has 0 spiro atoms. The Morgan fingerprint density at radius 2 is 2.00 bits per heavy atom. The van der Waals surface area contributed by atoms with Crippen molar-refractivity contribution in [2.24, 2.45) is 0 Å². The molecule has 1 aromatic carbocycles. The molecule has 0 fully saturated rings. The molecule has 0 amide bonds. The molecule has 88 valence electrons. The lowest BCUT2D eigenvalue weighted by Gasteiger charge is -2.06. The molecule has 0 aliphatic rings. The summed E-state index contributed by atoms with van der Waals surface area (Å²) in [6, 6.07) is 9.40. The molecular weight excluding hydrogens is 350 g/mol. The van der Waals surface area contributed by atoms with Gasteiger partial charge in [-0.05, 0) is 39.7 Å². The van der Waals surface area contributed by atoms with Gasteiger partial charge in [0.05, 0.1) is 0 Å². The van der Waals surface area contributed by atoms with Crippen LogP contribution in [-0.2, 0) is 6.54 Å². The summed E-state index contributed by atoms with van der Waals surface area (Å²) in [4.78, 5) is 11.0. The highest BCUT2D eigenvalue weighted by Gasteiger charge is 2.11. The molecule has 2 rings (SSSR count). The van der Waals surface area contributed by atoms with Gasteiger partial charge >= 0.3 is 5.97 Å². The predicted molar refractivity (Wildman–Crippen MR) is 72.3 cm³/mol. The molecule has 1 N–H and O–H groups in total. The van der Waals surface area contributed by atoms with Crippen molar-refractivity contribution in [3.8, 4) is 0 Å². The number of hydrogen-bond acceptors (Lipinski definition) is 1. The average Bonchev–Trinajstić information content (AvgIpc) is 2.59. The number of hydrogen-bond donors (Lipinski definition) is 1. The quantitative estimate of drug-likeness (QED) is 0.907. The van der Waals surface area contributed by atoms with Gasteiger partial charge in [-0.25, -0.2) is 4.79 Å². The number of carboxylic acids is 1. The first-order valence-corrected chi connectivity index (χ1v) is 6.48. The monoisotopic (exact) mass is 357 g/mol. The molecule has 0 saturated carbocycles. The van der Waals surface area contributed by atoms with Gasteiger partial charge in [0.2, 0.25) is 0 Å². The molecular formula is C12H9Br2NO2. The molecule has 0 unspecified atom stereocenters. The van der Waals surface area contributed by atoms with Crippen molar-refractivity contribution in [3.05, 3.63) is 56.7 Å². The third kappa shape index (κ3) is 2.98. The second kappa shape index (κ2) is 5.06. The van der Waals surface area contributed by atoms with Crippen LogP contribution in [0.1, 0.15) is 16.1 Å². The van der Waals surface area contributed by atoms with Gasteiger partial charge in [0, 0.05) is 21.7 Å². The Morgan fingerprint density at radius 3 is 2.65 bits per heavy atom. The van der Waals surface area contributed by atoms with Crippen LogP contribution in [0.25, 0.3) is 0 Å². The summed E-state index contributed by atoms with van der Waals surface area (Å²) in [5.41, 5.74) is 1.32. The predicted octanol–water partition coefficient (Wildman–Crippen LogP) is 3.76. The fourth-order valence-corrected chi connectivity index (χ4v) is 2.53. The van der Waals surface area contributed by atoms with Gasteiger partial charge < -0.3 is 9.67 Å². The topological polar surface area (TPSA) is 42.2 Å². The Kier molecular flexibility index (Phi) is 3.69. The van der Waals surface area contributed by atoms with Crippen molar-refractivity contribution >= 4 is 37.8 Å². The lowest BCUT2D eigenvalue weighted by Crippen LogP contribution is -2.08. The van der Waals surface area contributed by atoms with Gasteiger partial charge in [0.25, 0.3) is 0 Å². The smallest absolute Gasteiger partial charge is 0.352 e. The van der Waals surface area contributed by atoms with Crippen LogP contribution in [0, 0.1) is 0 Å². The Morgan fingerprint density at radius 1 is 1.24 bits per heavy atom. The van der Waals surface area contributed by atoms with Gasteiger partial charge in [-0.1, -0.05) is 28.1 Å². The zero-order valence-corrected chi connectivity index (χ0v) is 11.9. The normalized spacial score (nSPS) is 10.5. The maximum Gasteiger partial charge on any atom is 0.352 e. The van der Waals surface area contributed by atoms with Crippen LogP contribution in [0.3, 0.4) is 0 Å². The molecule has 0 bridgehead atoms. The molecule has 17 heavy (non-hydrogen) atoms. The van der Waals surface area contributed by atoms with Gasteiger partial charge in [-0.3, -0.25) is 0 Å². The molecule has 0 atom stereocenters. The number of nitrogens with zero attached hydrogens (tertiary/aromatic N) is 1. The summed E-state index contributed by atoms with van der Waals surface area (Å²) in [6.07, 6.45) is 1.77. The Balaban J connectivity index is 2.32. The van der Waals surface area contributed by atoms with Crippen molar-refractivity contribution < 1.29 is 9.90 Å². The van der Waals surface area contributed by atoms with E-state index in [9.17, 15) is 4.79 Å². The fraction of sp³-hybridized carbons (Fsp3) is 0.0833. The van der Waals surface area contributed by atoms with E-state index in [-0.39, 0.29) is 5.69 Å². The summed E-state index contributed by atoms with van der Waals surface area (Å²) in [5.74, 6) is -0.925. The lowest BCUT2D eigenvalue weighted by molar-refractivity contribution is 0.0685. The number of halogens is 2. The van der Waals surface area contributed by atoms with E-state index in [4.69, 9.17) is 5.11 Å². The van der Waals surface area contributed by atoms with E-state index in [1.807, 2.05) is 24.3 Å². The zero-order chi connectivity index (χ0) is 12.4. The lowest BCUT2D eigenvalue weighted by atomic mass is 10.2. The van der Waals surface area contributed by atoms with Gasteiger partial charge in [0.15, 0.2) is 0 Å². The SMILES string of the molecule is O=C(O)c1cc(Br)cn1Cc1cccc(Br)c1. The molecule has 3 nitrogen and oxygen atoms in total. The van der Waals surface area contributed by atoms with Crippen LogP contribution in [0.5, 0.6) is 0 Å². The average molecular weight is 359 g/mol. The van der Waals surface area contributed by atoms with Crippen molar-refractivity contribution in [1.29, 1.82) is 0 Å². The minimum absolute atomic E-state index is 0.275. The van der Waals surface area contributed by atoms with Crippen LogP contribution in [0.4, 0.5) is 0 Å². The number of benzene rings is 1. The number of rotatable bonds is 3. The fourth-order valence-electron chi connectivity index (χ4n) is 1.62. The maximum atomic E-state index is 11.0. The zero-order valence-electron chi connectivity index (χ0n) is 8.73. The van der Waals surface area contributed by atoms with E-state index in [1.165, 1.54) is 0 Å². The Bertz CT molecular complexity index is 563. The molecule has 5 heteroatoms. The van der Waals surface area contributed by atoms with Crippen molar-refractivity contribution in [1.82, 2.24) is 4.57 Å². The molecule has 0 aliphatic heterocycles. The summed E-state index contributed by atoms with van der Waals surface area (Å²) < 4.78 is 3.46. The first-order valence-electron chi connectivity index (χ1n) is 4.89. The third-order valence-electron chi connectivity index (χ3n) is 2.32. The molecule has 0 aliphatic carbocycles. The Hall–Kier alpha value is -1.07. The van der Waals surface area contributed by atoms with E-state index < -0.39 is 5.97 Å². The summed E-state index contributed by atoms with van der Waals surface area (Å²) in [5, 5.41) is 9.06. The second-order valence-corrected chi connectivity index (χ2v) is 5.44. The maximum absolute atomic E-state index is 11.0. The van der Waals surface area contributed by atoms with E-state index >= 15 is 0 Å². The van der Waals surface area contributed by atoms with Crippen LogP contribution in [0.2, 0.25) is 0 Å². The van der Waals surface area contributed by atoms with E-state index in [2.05, 4.69) is 31.9 Å². The molecule has 1 heterocycles. The second-order valence-electron chi connectivity index (χ2n) is 3.61. The van der Waals surface area contributed by atoms with E-state index in [1.54, 1.807) is 16.8 Å². The van der Waals surface area contributed by atoms with Gasteiger partial charge in [-0.15, -0.1) is 0 Å². The molecule has 0 saturated heterocycles. The highest BCUT2D eigenvalue weighted by molar-refractivity contribution is 9.10. The van der Waals surface area contributed by atoms with Crippen molar-refractivity contribution in [2.45, 2.75) is 6.54 Å². The summed E-state index contributed by atoms with van der Waals surface area (Å²) in [6.45, 7) is 0.534. The third-order valence-corrected chi connectivity index (χ3v) is 3.25. The largest absolute Gasteiger partial charge is 0.477 e. The number of carbonyl (C=O) groups is 1. The minimum Gasteiger partial charge on any atom is -0.477 e. The first kappa shape index (κ1) is 12.4. The van der Waals surface area contributed by atoms with Gasteiger partial charge in [-0.2, -0.15) is 0 Å². The number of aromatic carboxylic acids is 1. The van der Waals surface area contributed by atoms with Crippen LogP contribution < -0.4 is 0 Å². The number of carboxylic acid groups (broad SMARTS) is 1. The highest BCUT2D eigenvalue weighted by atomic mass is 79.9. The molecule has 2 aromatic rings. The summed E-state index contributed by atoms with van der Waals surface area (Å²) in [7, 11) is 0. The highest BCUT2D eigenvalue weighted by Crippen LogP contribution is 2.18. The van der Waals surface area contributed by atoms with Crippen LogP contribution in [-0.4, -0.2) is 15.6 Å². The number of aromatic nitrogens is 1. The van der Waals surface area contributed by atoms with Gasteiger partial charge in [0.1, 0.15) is 5.69 Å². The first-order chi connectivity index (χ1) is 8.06. The Labute approximate surface area is 115 Å². The minimum atomic E-state index is -0.925. The molecule has 1 aromatic heterocycles.